The van der Waals surface area contributed by atoms with Crippen LogP contribution in [0.5, 0.6) is 11.5 Å². The number of allylic oxidation sites excluding steroid dienone is 1. The van der Waals surface area contributed by atoms with Crippen LogP contribution in [0, 0.1) is 11.3 Å². The van der Waals surface area contributed by atoms with Crippen molar-refractivity contribution in [2.24, 2.45) is 0 Å². The number of methoxy groups -OCH3 is 1. The highest BCUT2D eigenvalue weighted by atomic mass is 16.5. The maximum Gasteiger partial charge on any atom is 0.161 e. The second-order valence-corrected chi connectivity index (χ2v) is 3.22. The van der Waals surface area contributed by atoms with Gasteiger partial charge in [-0.1, -0.05) is 13.0 Å². The zero-order valence-electron chi connectivity index (χ0n) is 9.56. The van der Waals surface area contributed by atoms with Crippen molar-refractivity contribution in [1.29, 1.82) is 5.26 Å². The molecule has 0 N–H and O–H groups in total. The van der Waals surface area contributed by atoms with Crippen molar-refractivity contribution in [2.45, 2.75) is 13.3 Å². The summed E-state index contributed by atoms with van der Waals surface area (Å²) in [7, 11) is 1.61. The largest absolute Gasteiger partial charge is 0.493 e. The van der Waals surface area contributed by atoms with E-state index in [1.807, 2.05) is 31.2 Å². The van der Waals surface area contributed by atoms with Crippen LogP contribution >= 0.6 is 0 Å². The van der Waals surface area contributed by atoms with E-state index in [-0.39, 0.29) is 0 Å². The fourth-order valence-electron chi connectivity index (χ4n) is 1.26. The van der Waals surface area contributed by atoms with Gasteiger partial charge in [0, 0.05) is 6.08 Å². The van der Waals surface area contributed by atoms with E-state index >= 15 is 0 Å². The standard InChI is InChI=1S/C13H15NO2/c1-3-9-16-13-10-11(5-4-8-14)6-7-12(13)15-2/h4-7,10H,3,9H2,1-2H3/b5-4+. The molecule has 1 aromatic carbocycles. The van der Waals surface area contributed by atoms with Crippen molar-refractivity contribution in [3.63, 3.8) is 0 Å². The van der Waals surface area contributed by atoms with E-state index in [0.717, 1.165) is 12.0 Å². The van der Waals surface area contributed by atoms with Gasteiger partial charge in [-0.25, -0.2) is 0 Å². The summed E-state index contributed by atoms with van der Waals surface area (Å²) in [6.07, 6.45) is 4.12. The minimum absolute atomic E-state index is 0.655. The normalized spacial score (nSPS) is 10.1. The van der Waals surface area contributed by atoms with E-state index in [1.165, 1.54) is 6.08 Å². The van der Waals surface area contributed by atoms with Gasteiger partial charge in [0.15, 0.2) is 11.5 Å². The lowest BCUT2D eigenvalue weighted by Gasteiger charge is -2.10. The Labute approximate surface area is 95.9 Å². The average molecular weight is 217 g/mol. The van der Waals surface area contributed by atoms with Gasteiger partial charge in [0.25, 0.3) is 0 Å². The summed E-state index contributed by atoms with van der Waals surface area (Å²) in [6, 6.07) is 7.53. The first-order valence-corrected chi connectivity index (χ1v) is 5.18. The van der Waals surface area contributed by atoms with E-state index in [9.17, 15) is 0 Å². The molecular weight excluding hydrogens is 202 g/mol. The van der Waals surface area contributed by atoms with Crippen LogP contribution in [-0.4, -0.2) is 13.7 Å². The molecule has 0 unspecified atom stereocenters. The predicted octanol–water partition coefficient (Wildman–Crippen LogP) is 3.02. The van der Waals surface area contributed by atoms with Crippen molar-refractivity contribution in [3.05, 3.63) is 29.8 Å². The molecule has 0 aliphatic heterocycles. The highest BCUT2D eigenvalue weighted by molar-refractivity contribution is 5.57. The third-order valence-corrected chi connectivity index (χ3v) is 2.00. The van der Waals surface area contributed by atoms with Crippen LogP contribution in [0.3, 0.4) is 0 Å². The number of hydrogen-bond acceptors (Lipinski definition) is 3. The molecule has 1 aromatic rings. The summed E-state index contributed by atoms with van der Waals surface area (Å²) < 4.78 is 10.7. The van der Waals surface area contributed by atoms with Crippen LogP contribution in [-0.2, 0) is 0 Å². The van der Waals surface area contributed by atoms with E-state index in [2.05, 4.69) is 0 Å². The summed E-state index contributed by atoms with van der Waals surface area (Å²) in [5.41, 5.74) is 0.924. The maximum atomic E-state index is 8.45. The molecule has 0 aromatic heterocycles. The van der Waals surface area contributed by atoms with Crippen LogP contribution < -0.4 is 9.47 Å². The summed E-state index contributed by atoms with van der Waals surface area (Å²) in [5.74, 6) is 1.42. The van der Waals surface area contributed by atoms with Crippen molar-refractivity contribution >= 4 is 6.08 Å². The van der Waals surface area contributed by atoms with Crippen LogP contribution in [0.15, 0.2) is 24.3 Å². The first kappa shape index (κ1) is 12.1. The fraction of sp³-hybridized carbons (Fsp3) is 0.308. The van der Waals surface area contributed by atoms with Crippen molar-refractivity contribution in [3.8, 4) is 17.6 Å². The smallest absolute Gasteiger partial charge is 0.161 e. The second kappa shape index (κ2) is 6.52. The maximum absolute atomic E-state index is 8.45. The third-order valence-electron chi connectivity index (χ3n) is 2.00. The molecule has 3 nitrogen and oxygen atoms in total. The highest BCUT2D eigenvalue weighted by Gasteiger charge is 2.03. The molecule has 0 bridgehead atoms. The fourth-order valence-corrected chi connectivity index (χ4v) is 1.26. The molecule has 3 heteroatoms. The monoisotopic (exact) mass is 217 g/mol. The molecule has 0 radical (unpaired) electrons. The number of benzene rings is 1. The lowest BCUT2D eigenvalue weighted by Crippen LogP contribution is -1.97. The first-order valence-electron chi connectivity index (χ1n) is 5.18. The summed E-state index contributed by atoms with van der Waals surface area (Å²) in [5, 5.41) is 8.45. The Morgan fingerprint density at radius 3 is 2.81 bits per heavy atom. The number of nitriles is 1. The Morgan fingerprint density at radius 1 is 1.38 bits per heavy atom. The molecule has 0 saturated heterocycles. The van der Waals surface area contributed by atoms with Crippen molar-refractivity contribution < 1.29 is 9.47 Å². The van der Waals surface area contributed by atoms with E-state index in [0.29, 0.717) is 18.1 Å². The quantitative estimate of drug-likeness (QED) is 0.712. The Hall–Kier alpha value is -1.95. The zero-order valence-corrected chi connectivity index (χ0v) is 9.56. The second-order valence-electron chi connectivity index (χ2n) is 3.22. The van der Waals surface area contributed by atoms with Crippen LogP contribution in [0.1, 0.15) is 18.9 Å². The Bertz CT molecular complexity index is 405. The molecule has 0 saturated carbocycles. The third kappa shape index (κ3) is 3.32. The Morgan fingerprint density at radius 2 is 2.19 bits per heavy atom. The molecule has 0 aliphatic carbocycles. The van der Waals surface area contributed by atoms with Gasteiger partial charge in [-0.3, -0.25) is 0 Å². The molecule has 0 aliphatic rings. The zero-order chi connectivity index (χ0) is 11.8. The topological polar surface area (TPSA) is 42.2 Å². The molecule has 0 fully saturated rings. The minimum atomic E-state index is 0.655. The number of hydrogen-bond donors (Lipinski definition) is 0. The molecule has 84 valence electrons. The molecule has 0 heterocycles. The molecular formula is C13H15NO2. The predicted molar refractivity (Wildman–Crippen MR) is 63.4 cm³/mol. The highest BCUT2D eigenvalue weighted by Crippen LogP contribution is 2.28. The Kier molecular flexibility index (Phi) is 4.94. The Balaban J connectivity index is 2.92. The van der Waals surface area contributed by atoms with Crippen molar-refractivity contribution in [1.82, 2.24) is 0 Å². The lowest BCUT2D eigenvalue weighted by atomic mass is 10.2. The van der Waals surface area contributed by atoms with Gasteiger partial charge in [-0.2, -0.15) is 5.26 Å². The van der Waals surface area contributed by atoms with Crippen LogP contribution in [0.4, 0.5) is 0 Å². The molecule has 16 heavy (non-hydrogen) atoms. The summed E-state index contributed by atoms with van der Waals surface area (Å²) >= 11 is 0. The van der Waals surface area contributed by atoms with Gasteiger partial charge < -0.3 is 9.47 Å². The van der Waals surface area contributed by atoms with Crippen LogP contribution in [0.2, 0.25) is 0 Å². The van der Waals surface area contributed by atoms with E-state index in [4.69, 9.17) is 14.7 Å². The molecule has 0 atom stereocenters. The van der Waals surface area contributed by atoms with Gasteiger partial charge in [-0.05, 0) is 30.2 Å². The minimum Gasteiger partial charge on any atom is -0.493 e. The van der Waals surface area contributed by atoms with Crippen molar-refractivity contribution in [2.75, 3.05) is 13.7 Å². The summed E-state index contributed by atoms with van der Waals surface area (Å²) in [4.78, 5) is 0. The van der Waals surface area contributed by atoms with Crippen LogP contribution in [0.25, 0.3) is 6.08 Å². The van der Waals surface area contributed by atoms with Gasteiger partial charge >= 0.3 is 0 Å². The van der Waals surface area contributed by atoms with E-state index in [1.54, 1.807) is 13.2 Å². The van der Waals surface area contributed by atoms with Gasteiger partial charge in [0.1, 0.15) is 0 Å². The average Bonchev–Trinajstić information content (AvgIpc) is 2.33. The number of ether oxygens (including phenoxy) is 2. The van der Waals surface area contributed by atoms with Gasteiger partial charge in [-0.15, -0.1) is 0 Å². The lowest BCUT2D eigenvalue weighted by molar-refractivity contribution is 0.294. The van der Waals surface area contributed by atoms with E-state index < -0.39 is 0 Å². The number of rotatable bonds is 5. The first-order chi connectivity index (χ1) is 7.81. The molecule has 0 amide bonds. The summed E-state index contributed by atoms with van der Waals surface area (Å²) in [6.45, 7) is 2.70. The number of nitrogens with zero attached hydrogens (tertiary/aromatic N) is 1. The van der Waals surface area contributed by atoms with Gasteiger partial charge in [0.05, 0.1) is 19.8 Å². The molecule has 1 rings (SSSR count). The van der Waals surface area contributed by atoms with Gasteiger partial charge in [0.2, 0.25) is 0 Å². The molecule has 0 spiro atoms. The SMILES string of the molecule is CCCOc1cc(/C=C/C#N)ccc1OC.